The second-order valence-electron chi connectivity index (χ2n) is 7.12. The fraction of sp³-hybridized carbons (Fsp3) is 0.526. The molecule has 0 radical (unpaired) electrons. The second-order valence-corrected chi connectivity index (χ2v) is 7.12. The Morgan fingerprint density at radius 1 is 1.04 bits per heavy atom. The van der Waals surface area contributed by atoms with E-state index in [0.29, 0.717) is 24.3 Å². The molecule has 2 saturated heterocycles. The van der Waals surface area contributed by atoms with Crippen LogP contribution >= 0.6 is 0 Å². The summed E-state index contributed by atoms with van der Waals surface area (Å²) < 4.78 is 5.66. The van der Waals surface area contributed by atoms with Gasteiger partial charge in [0.05, 0.1) is 23.3 Å². The van der Waals surface area contributed by atoms with Crippen LogP contribution in [0.4, 0.5) is 0 Å². The van der Waals surface area contributed by atoms with Crippen molar-refractivity contribution in [3.63, 3.8) is 0 Å². The van der Waals surface area contributed by atoms with E-state index in [9.17, 15) is 14.4 Å². The molecule has 0 N–H and O–H groups in total. The Kier molecular flexibility index (Phi) is 4.07. The van der Waals surface area contributed by atoms with Crippen molar-refractivity contribution in [3.8, 4) is 0 Å². The summed E-state index contributed by atoms with van der Waals surface area (Å²) in [5.74, 6) is -0.903. The summed E-state index contributed by atoms with van der Waals surface area (Å²) in [7, 11) is 0. The van der Waals surface area contributed by atoms with E-state index in [4.69, 9.17) is 4.74 Å². The molecule has 0 aliphatic carbocycles. The summed E-state index contributed by atoms with van der Waals surface area (Å²) in [4.78, 5) is 41.0. The van der Waals surface area contributed by atoms with Gasteiger partial charge in [-0.05, 0) is 44.2 Å². The quantitative estimate of drug-likeness (QED) is 0.769. The topological polar surface area (TPSA) is 66.9 Å². The van der Waals surface area contributed by atoms with Gasteiger partial charge in [0.2, 0.25) is 5.91 Å². The Morgan fingerprint density at radius 2 is 1.72 bits per heavy atom. The Morgan fingerprint density at radius 3 is 2.36 bits per heavy atom. The number of benzene rings is 1. The molecule has 0 bridgehead atoms. The molecule has 4 rings (SSSR count). The van der Waals surface area contributed by atoms with Crippen LogP contribution < -0.4 is 0 Å². The van der Waals surface area contributed by atoms with E-state index in [-0.39, 0.29) is 29.8 Å². The smallest absolute Gasteiger partial charge is 0.262 e. The number of piperidine rings is 1. The molecule has 6 heteroatoms. The summed E-state index contributed by atoms with van der Waals surface area (Å²) in [5.41, 5.74) is 0.510. The number of rotatable bonds is 2. The average Bonchev–Trinajstić information content (AvgIpc) is 2.88. The van der Waals surface area contributed by atoms with Crippen LogP contribution in [0.1, 0.15) is 52.8 Å². The lowest BCUT2D eigenvalue weighted by atomic mass is 9.82. The van der Waals surface area contributed by atoms with Gasteiger partial charge in [-0.1, -0.05) is 12.1 Å². The second kappa shape index (κ2) is 6.26. The number of carbonyl (C=O) groups is 3. The highest BCUT2D eigenvalue weighted by Crippen LogP contribution is 2.35. The van der Waals surface area contributed by atoms with Gasteiger partial charge in [0.15, 0.2) is 0 Å². The van der Waals surface area contributed by atoms with Crippen LogP contribution in [0.3, 0.4) is 0 Å². The van der Waals surface area contributed by atoms with Crippen molar-refractivity contribution < 1.29 is 19.1 Å². The molecule has 1 unspecified atom stereocenters. The van der Waals surface area contributed by atoms with E-state index in [2.05, 4.69) is 0 Å². The van der Waals surface area contributed by atoms with Crippen molar-refractivity contribution in [2.75, 3.05) is 26.3 Å². The zero-order valence-corrected chi connectivity index (χ0v) is 14.2. The van der Waals surface area contributed by atoms with Gasteiger partial charge < -0.3 is 9.64 Å². The van der Waals surface area contributed by atoms with Gasteiger partial charge in [-0.25, -0.2) is 0 Å². The molecule has 3 heterocycles. The Labute approximate surface area is 146 Å². The van der Waals surface area contributed by atoms with Gasteiger partial charge in [-0.2, -0.15) is 0 Å². The zero-order chi connectivity index (χ0) is 17.4. The molecule has 3 amide bonds. The van der Waals surface area contributed by atoms with Gasteiger partial charge in [-0.3, -0.25) is 19.3 Å². The predicted octanol–water partition coefficient (Wildman–Crippen LogP) is 1.84. The molecule has 25 heavy (non-hydrogen) atoms. The maximum atomic E-state index is 13.0. The molecule has 2 fully saturated rings. The monoisotopic (exact) mass is 342 g/mol. The molecule has 0 saturated carbocycles. The average molecular weight is 342 g/mol. The predicted molar refractivity (Wildman–Crippen MR) is 90.2 cm³/mol. The first-order valence-corrected chi connectivity index (χ1v) is 8.96. The van der Waals surface area contributed by atoms with Crippen molar-refractivity contribution in [1.29, 1.82) is 0 Å². The minimum absolute atomic E-state index is 0.153. The van der Waals surface area contributed by atoms with Crippen molar-refractivity contribution in [1.82, 2.24) is 9.80 Å². The number of fused-ring (bicyclic) bond motifs is 1. The standard InChI is InChI=1S/C19H22N2O4/c22-16(21-10-4-3-8-19(21)9-5-11-25-13-19)12-20-17(23)14-6-1-2-7-15(14)18(20)24/h1-2,6-7H,3-5,8-13H2. The molecule has 1 aromatic rings. The van der Waals surface area contributed by atoms with E-state index in [1.54, 1.807) is 24.3 Å². The van der Waals surface area contributed by atoms with E-state index < -0.39 is 0 Å². The third kappa shape index (κ3) is 2.65. The molecule has 1 spiro atoms. The third-order valence-corrected chi connectivity index (χ3v) is 5.62. The number of likely N-dealkylation sites (tertiary alicyclic amines) is 1. The number of imide groups is 1. The van der Waals surface area contributed by atoms with Crippen LogP contribution in [0.15, 0.2) is 24.3 Å². The van der Waals surface area contributed by atoms with Crippen LogP contribution in [0.5, 0.6) is 0 Å². The number of amides is 3. The highest BCUT2D eigenvalue weighted by atomic mass is 16.5. The minimum atomic E-state index is -0.375. The molecule has 1 atom stereocenters. The Hall–Kier alpha value is -2.21. The van der Waals surface area contributed by atoms with Crippen LogP contribution in [0.2, 0.25) is 0 Å². The Balaban J connectivity index is 1.54. The van der Waals surface area contributed by atoms with Gasteiger partial charge in [0, 0.05) is 13.2 Å². The number of hydrogen-bond donors (Lipinski definition) is 0. The van der Waals surface area contributed by atoms with Crippen molar-refractivity contribution >= 4 is 17.7 Å². The fourth-order valence-electron chi connectivity index (χ4n) is 4.34. The van der Waals surface area contributed by atoms with Gasteiger partial charge in [0.1, 0.15) is 6.54 Å². The molecule has 0 aromatic heterocycles. The number of ether oxygens (including phenoxy) is 1. The number of hydrogen-bond acceptors (Lipinski definition) is 4. The summed E-state index contributed by atoms with van der Waals surface area (Å²) >= 11 is 0. The van der Waals surface area contributed by atoms with Crippen LogP contribution in [-0.4, -0.2) is 59.4 Å². The van der Waals surface area contributed by atoms with Crippen molar-refractivity contribution in [2.24, 2.45) is 0 Å². The lowest BCUT2D eigenvalue weighted by Crippen LogP contribution is -2.60. The van der Waals surface area contributed by atoms with E-state index in [1.807, 2.05) is 4.90 Å². The summed E-state index contributed by atoms with van der Waals surface area (Å²) in [5, 5.41) is 0. The van der Waals surface area contributed by atoms with Crippen LogP contribution in [0.25, 0.3) is 0 Å². The first-order chi connectivity index (χ1) is 12.1. The van der Waals surface area contributed by atoms with Gasteiger partial charge >= 0.3 is 0 Å². The van der Waals surface area contributed by atoms with E-state index in [0.717, 1.165) is 43.6 Å². The van der Waals surface area contributed by atoms with Crippen LogP contribution in [-0.2, 0) is 9.53 Å². The lowest BCUT2D eigenvalue weighted by Gasteiger charge is -2.49. The lowest BCUT2D eigenvalue weighted by molar-refractivity contribution is -0.148. The highest BCUT2D eigenvalue weighted by Gasteiger charge is 2.45. The van der Waals surface area contributed by atoms with Crippen LogP contribution in [0, 0.1) is 0 Å². The molecule has 1 aromatic carbocycles. The first kappa shape index (κ1) is 16.3. The van der Waals surface area contributed by atoms with E-state index >= 15 is 0 Å². The maximum Gasteiger partial charge on any atom is 0.262 e. The third-order valence-electron chi connectivity index (χ3n) is 5.62. The number of carbonyl (C=O) groups excluding carboxylic acids is 3. The van der Waals surface area contributed by atoms with Crippen molar-refractivity contribution in [3.05, 3.63) is 35.4 Å². The maximum absolute atomic E-state index is 13.0. The summed E-state index contributed by atoms with van der Waals surface area (Å²) in [6.07, 6.45) is 4.84. The molecular weight excluding hydrogens is 320 g/mol. The molecule has 132 valence electrons. The Bertz CT molecular complexity index is 681. The van der Waals surface area contributed by atoms with E-state index in [1.165, 1.54) is 0 Å². The van der Waals surface area contributed by atoms with Gasteiger partial charge in [-0.15, -0.1) is 0 Å². The highest BCUT2D eigenvalue weighted by molar-refractivity contribution is 6.22. The fourth-order valence-corrected chi connectivity index (χ4v) is 4.34. The first-order valence-electron chi connectivity index (χ1n) is 8.96. The molecule has 6 nitrogen and oxygen atoms in total. The minimum Gasteiger partial charge on any atom is -0.379 e. The SMILES string of the molecule is O=C1c2ccccc2C(=O)N1CC(=O)N1CCCCC12CCCOC2. The largest absolute Gasteiger partial charge is 0.379 e. The molecule has 3 aliphatic heterocycles. The molecular formula is C19H22N2O4. The normalized spacial score (nSPS) is 26.2. The zero-order valence-electron chi connectivity index (χ0n) is 14.2. The van der Waals surface area contributed by atoms with Crippen molar-refractivity contribution in [2.45, 2.75) is 37.6 Å². The molecule has 3 aliphatic rings. The summed E-state index contributed by atoms with van der Waals surface area (Å²) in [6.45, 7) is 1.78. The summed E-state index contributed by atoms with van der Waals surface area (Å²) in [6, 6.07) is 6.73. The van der Waals surface area contributed by atoms with Gasteiger partial charge in [0.25, 0.3) is 11.8 Å². The number of nitrogens with zero attached hydrogens (tertiary/aromatic N) is 2.